The maximum atomic E-state index is 12.4. The number of rotatable bonds is 5. The van der Waals surface area contributed by atoms with Gasteiger partial charge in [0.1, 0.15) is 0 Å². The Kier molecular flexibility index (Phi) is 5.86. The number of amides is 2. The first-order valence-corrected chi connectivity index (χ1v) is 9.08. The van der Waals surface area contributed by atoms with Crippen LogP contribution in [-0.2, 0) is 16.0 Å². The highest BCUT2D eigenvalue weighted by Gasteiger charge is 2.29. The van der Waals surface area contributed by atoms with Crippen molar-refractivity contribution in [3.05, 3.63) is 35.9 Å². The molecule has 5 nitrogen and oxygen atoms in total. The summed E-state index contributed by atoms with van der Waals surface area (Å²) in [4.78, 5) is 26.5. The van der Waals surface area contributed by atoms with Gasteiger partial charge in [0.25, 0.3) is 0 Å². The molecule has 1 unspecified atom stereocenters. The van der Waals surface area contributed by atoms with Gasteiger partial charge in [-0.15, -0.1) is 0 Å². The van der Waals surface area contributed by atoms with Crippen LogP contribution < -0.4 is 10.6 Å². The number of nitrogens with one attached hydrogen (secondary N) is 2. The molecule has 0 saturated carbocycles. The zero-order chi connectivity index (χ0) is 16.8. The molecule has 0 aliphatic carbocycles. The summed E-state index contributed by atoms with van der Waals surface area (Å²) < 4.78 is 0. The van der Waals surface area contributed by atoms with Crippen LogP contribution in [0.2, 0.25) is 0 Å². The van der Waals surface area contributed by atoms with Gasteiger partial charge in [-0.1, -0.05) is 36.8 Å². The Labute approximate surface area is 143 Å². The van der Waals surface area contributed by atoms with Crippen molar-refractivity contribution in [3.63, 3.8) is 0 Å². The molecule has 1 aromatic rings. The molecule has 0 spiro atoms. The molecule has 2 N–H and O–H groups in total. The number of nitrogens with zero attached hydrogens (tertiary/aromatic N) is 1. The van der Waals surface area contributed by atoms with Crippen LogP contribution in [0.1, 0.15) is 37.7 Å². The van der Waals surface area contributed by atoms with Crippen LogP contribution in [0.3, 0.4) is 0 Å². The number of likely N-dealkylation sites (tertiary alicyclic amines) is 1. The smallest absolute Gasteiger partial charge is 0.237 e. The van der Waals surface area contributed by atoms with E-state index in [9.17, 15) is 9.59 Å². The van der Waals surface area contributed by atoms with Gasteiger partial charge in [-0.2, -0.15) is 0 Å². The molecule has 2 fully saturated rings. The third-order valence-corrected chi connectivity index (χ3v) is 4.98. The maximum Gasteiger partial charge on any atom is 0.237 e. The molecular weight excluding hydrogens is 302 g/mol. The van der Waals surface area contributed by atoms with Crippen molar-refractivity contribution < 1.29 is 9.59 Å². The predicted molar refractivity (Wildman–Crippen MR) is 93.5 cm³/mol. The molecule has 2 heterocycles. The van der Waals surface area contributed by atoms with E-state index in [4.69, 9.17) is 0 Å². The Bertz CT molecular complexity index is 555. The van der Waals surface area contributed by atoms with Crippen LogP contribution in [0, 0.1) is 0 Å². The lowest BCUT2D eigenvalue weighted by atomic mass is 10.0. The number of carbonyl (C=O) groups excluding carboxylic acids is 2. The standard InChI is InChI=1S/C19H27N3O2/c23-18(10-9-15-6-2-1-3-7-15)22-13-11-16(14-22)21-19(24)17-8-4-5-12-20-17/h1-3,6-7,16-17,20H,4-5,8-14H2,(H,21,24)/t16?,17-/m1/s1. The summed E-state index contributed by atoms with van der Waals surface area (Å²) >= 11 is 0. The summed E-state index contributed by atoms with van der Waals surface area (Å²) in [6.45, 7) is 2.32. The van der Waals surface area contributed by atoms with E-state index in [-0.39, 0.29) is 23.9 Å². The SMILES string of the molecule is O=C(NC1CCN(C(=O)CCc2ccccc2)C1)[C@H]1CCCCN1. The number of aryl methyl sites for hydroxylation is 1. The van der Waals surface area contributed by atoms with E-state index in [1.807, 2.05) is 23.1 Å². The molecule has 2 atom stereocenters. The second-order valence-electron chi connectivity index (χ2n) is 6.82. The molecule has 0 radical (unpaired) electrons. The minimum Gasteiger partial charge on any atom is -0.350 e. The van der Waals surface area contributed by atoms with Crippen LogP contribution in [0.25, 0.3) is 0 Å². The van der Waals surface area contributed by atoms with E-state index in [0.717, 1.165) is 45.2 Å². The van der Waals surface area contributed by atoms with Crippen LogP contribution in [0.4, 0.5) is 0 Å². The van der Waals surface area contributed by atoms with Gasteiger partial charge in [-0.25, -0.2) is 0 Å². The van der Waals surface area contributed by atoms with Gasteiger partial charge in [0.15, 0.2) is 0 Å². The number of benzene rings is 1. The van der Waals surface area contributed by atoms with E-state index >= 15 is 0 Å². The normalized spacial score (nSPS) is 23.9. The number of hydrogen-bond donors (Lipinski definition) is 2. The molecule has 1 aromatic carbocycles. The van der Waals surface area contributed by atoms with E-state index < -0.39 is 0 Å². The second kappa shape index (κ2) is 8.29. The fourth-order valence-corrected chi connectivity index (χ4v) is 3.54. The summed E-state index contributed by atoms with van der Waals surface area (Å²) in [5, 5.41) is 6.38. The molecule has 0 aromatic heterocycles. The Morgan fingerprint density at radius 3 is 2.75 bits per heavy atom. The van der Waals surface area contributed by atoms with Crippen LogP contribution in [0.5, 0.6) is 0 Å². The van der Waals surface area contributed by atoms with Gasteiger partial charge in [0.2, 0.25) is 11.8 Å². The minimum absolute atomic E-state index is 0.0541. The van der Waals surface area contributed by atoms with E-state index in [1.54, 1.807) is 0 Å². The first kappa shape index (κ1) is 17.0. The first-order valence-electron chi connectivity index (χ1n) is 9.08. The van der Waals surface area contributed by atoms with Gasteiger partial charge < -0.3 is 15.5 Å². The number of hydrogen-bond acceptors (Lipinski definition) is 3. The Hall–Kier alpha value is -1.88. The van der Waals surface area contributed by atoms with Gasteiger partial charge >= 0.3 is 0 Å². The molecule has 24 heavy (non-hydrogen) atoms. The van der Waals surface area contributed by atoms with Gasteiger partial charge in [-0.05, 0) is 37.8 Å². The summed E-state index contributed by atoms with van der Waals surface area (Å²) in [7, 11) is 0. The molecule has 2 aliphatic rings. The summed E-state index contributed by atoms with van der Waals surface area (Å²) in [6, 6.07) is 10.1. The van der Waals surface area contributed by atoms with Gasteiger partial charge in [0.05, 0.1) is 6.04 Å². The third kappa shape index (κ3) is 4.57. The Balaban J connectivity index is 1.41. The van der Waals surface area contributed by atoms with Crippen molar-refractivity contribution in [2.24, 2.45) is 0 Å². The molecule has 2 aliphatic heterocycles. The highest BCUT2D eigenvalue weighted by atomic mass is 16.2. The average molecular weight is 329 g/mol. The van der Waals surface area contributed by atoms with Crippen molar-refractivity contribution in [2.75, 3.05) is 19.6 Å². The van der Waals surface area contributed by atoms with E-state index in [2.05, 4.69) is 22.8 Å². The lowest BCUT2D eigenvalue weighted by Crippen LogP contribution is -2.50. The zero-order valence-electron chi connectivity index (χ0n) is 14.2. The molecular formula is C19H27N3O2. The topological polar surface area (TPSA) is 61.4 Å². The largest absolute Gasteiger partial charge is 0.350 e. The third-order valence-electron chi connectivity index (χ3n) is 4.98. The predicted octanol–water partition coefficient (Wildman–Crippen LogP) is 1.48. The van der Waals surface area contributed by atoms with Gasteiger partial charge in [-0.3, -0.25) is 9.59 Å². The highest BCUT2D eigenvalue weighted by molar-refractivity contribution is 5.82. The Morgan fingerprint density at radius 2 is 2.00 bits per heavy atom. The minimum atomic E-state index is -0.0541. The molecule has 5 heteroatoms. The molecule has 130 valence electrons. The fourth-order valence-electron chi connectivity index (χ4n) is 3.54. The quantitative estimate of drug-likeness (QED) is 0.860. The molecule has 0 bridgehead atoms. The van der Waals surface area contributed by atoms with Crippen molar-refractivity contribution in [2.45, 2.75) is 50.6 Å². The molecule has 2 amide bonds. The van der Waals surface area contributed by atoms with Crippen molar-refractivity contribution in [1.82, 2.24) is 15.5 Å². The summed E-state index contributed by atoms with van der Waals surface area (Å²) in [5.74, 6) is 0.282. The maximum absolute atomic E-state index is 12.4. The second-order valence-corrected chi connectivity index (χ2v) is 6.82. The molecule has 2 saturated heterocycles. The Morgan fingerprint density at radius 1 is 1.17 bits per heavy atom. The van der Waals surface area contributed by atoms with Crippen molar-refractivity contribution in [1.29, 1.82) is 0 Å². The summed E-state index contributed by atoms with van der Waals surface area (Å²) in [5.41, 5.74) is 1.19. The number of carbonyl (C=O) groups is 2. The van der Waals surface area contributed by atoms with Crippen LogP contribution in [0.15, 0.2) is 30.3 Å². The van der Waals surface area contributed by atoms with Gasteiger partial charge in [0, 0.05) is 25.6 Å². The zero-order valence-corrected chi connectivity index (χ0v) is 14.2. The van der Waals surface area contributed by atoms with Crippen LogP contribution >= 0.6 is 0 Å². The first-order chi connectivity index (χ1) is 11.7. The lowest BCUT2D eigenvalue weighted by Gasteiger charge is -2.24. The van der Waals surface area contributed by atoms with E-state index in [1.165, 1.54) is 5.56 Å². The van der Waals surface area contributed by atoms with Crippen molar-refractivity contribution >= 4 is 11.8 Å². The highest BCUT2D eigenvalue weighted by Crippen LogP contribution is 2.14. The monoisotopic (exact) mass is 329 g/mol. The van der Waals surface area contributed by atoms with Crippen molar-refractivity contribution in [3.8, 4) is 0 Å². The lowest BCUT2D eigenvalue weighted by molar-refractivity contribution is -0.130. The van der Waals surface area contributed by atoms with Crippen LogP contribution in [-0.4, -0.2) is 48.4 Å². The summed E-state index contributed by atoms with van der Waals surface area (Å²) in [6.07, 6.45) is 5.35. The number of piperidine rings is 1. The van der Waals surface area contributed by atoms with E-state index in [0.29, 0.717) is 13.0 Å². The average Bonchev–Trinajstić information content (AvgIpc) is 3.10. The fraction of sp³-hybridized carbons (Fsp3) is 0.579. The molecule has 3 rings (SSSR count).